The predicted octanol–water partition coefficient (Wildman–Crippen LogP) is 3.57. The molecule has 8 nitrogen and oxygen atoms in total. The quantitative estimate of drug-likeness (QED) is 0.453. The van der Waals surface area contributed by atoms with E-state index in [4.69, 9.17) is 9.15 Å². The number of aromatic nitrogens is 2. The van der Waals surface area contributed by atoms with Gasteiger partial charge in [0.25, 0.3) is 11.8 Å². The summed E-state index contributed by atoms with van der Waals surface area (Å²) < 4.78 is 12.8. The Morgan fingerprint density at radius 1 is 1.18 bits per heavy atom. The van der Waals surface area contributed by atoms with Crippen molar-refractivity contribution in [2.75, 3.05) is 7.11 Å². The summed E-state index contributed by atoms with van der Waals surface area (Å²) in [6, 6.07) is 15.8. The number of nitrogens with zero attached hydrogens (tertiary/aromatic N) is 3. The molecule has 2 amide bonds. The minimum absolute atomic E-state index is 0.209. The SMILES string of the molecule is COc1cccc(C(=O)N=c2scc(C)n2Cc2ccc(C(=O)NCc3ccccn3)o2)c1. The summed E-state index contributed by atoms with van der Waals surface area (Å²) in [6.07, 6.45) is 1.68. The van der Waals surface area contributed by atoms with Gasteiger partial charge in [0.05, 0.1) is 25.9 Å². The maximum atomic E-state index is 12.7. The number of amides is 2. The number of ether oxygens (including phenoxy) is 1. The standard InChI is InChI=1S/C24H22N4O4S/c1-16-15-33-24(27-22(29)17-6-5-8-19(12-17)31-2)28(16)14-20-9-10-21(32-20)23(30)26-13-18-7-3-4-11-25-18/h3-12,15H,13-14H2,1-2H3,(H,26,30). The molecule has 4 aromatic rings. The number of carbonyl (C=O) groups excluding carboxylic acids is 2. The van der Waals surface area contributed by atoms with Crippen LogP contribution in [0.25, 0.3) is 0 Å². The minimum atomic E-state index is -0.362. The Labute approximate surface area is 194 Å². The highest BCUT2D eigenvalue weighted by Gasteiger charge is 2.13. The van der Waals surface area contributed by atoms with Gasteiger partial charge in [-0.2, -0.15) is 4.99 Å². The van der Waals surface area contributed by atoms with Crippen molar-refractivity contribution in [1.82, 2.24) is 14.9 Å². The summed E-state index contributed by atoms with van der Waals surface area (Å²) in [5, 5.41) is 4.71. The van der Waals surface area contributed by atoms with Crippen LogP contribution in [-0.4, -0.2) is 28.5 Å². The number of thiazole rings is 1. The predicted molar refractivity (Wildman–Crippen MR) is 123 cm³/mol. The molecule has 0 saturated carbocycles. The van der Waals surface area contributed by atoms with Gasteiger partial charge in [0.15, 0.2) is 10.6 Å². The van der Waals surface area contributed by atoms with Gasteiger partial charge < -0.3 is 19.0 Å². The van der Waals surface area contributed by atoms with E-state index in [1.807, 2.05) is 35.1 Å². The Balaban J connectivity index is 1.48. The van der Waals surface area contributed by atoms with Crippen LogP contribution < -0.4 is 14.9 Å². The minimum Gasteiger partial charge on any atom is -0.497 e. The largest absolute Gasteiger partial charge is 0.497 e. The number of rotatable bonds is 7. The number of methoxy groups -OCH3 is 1. The summed E-state index contributed by atoms with van der Waals surface area (Å²) in [5.74, 6) is 0.696. The van der Waals surface area contributed by atoms with Crippen molar-refractivity contribution in [2.45, 2.75) is 20.0 Å². The summed E-state index contributed by atoms with van der Waals surface area (Å²) in [4.78, 5) is 34.1. The molecule has 1 N–H and O–H groups in total. The van der Waals surface area contributed by atoms with Gasteiger partial charge in [-0.05, 0) is 49.4 Å². The van der Waals surface area contributed by atoms with Crippen LogP contribution in [0.4, 0.5) is 0 Å². The molecule has 0 radical (unpaired) electrons. The average Bonchev–Trinajstić information content (AvgIpc) is 3.46. The van der Waals surface area contributed by atoms with E-state index in [-0.39, 0.29) is 17.6 Å². The maximum absolute atomic E-state index is 12.7. The smallest absolute Gasteiger partial charge is 0.287 e. The lowest BCUT2D eigenvalue weighted by molar-refractivity contribution is 0.0920. The number of nitrogens with one attached hydrogen (secondary N) is 1. The molecule has 0 spiro atoms. The number of hydrogen-bond donors (Lipinski definition) is 1. The van der Waals surface area contributed by atoms with Crippen LogP contribution >= 0.6 is 11.3 Å². The highest BCUT2D eigenvalue weighted by atomic mass is 32.1. The molecule has 0 unspecified atom stereocenters. The first-order valence-corrected chi connectivity index (χ1v) is 11.1. The monoisotopic (exact) mass is 462 g/mol. The molecule has 1 aromatic carbocycles. The normalized spacial score (nSPS) is 11.4. The Morgan fingerprint density at radius 3 is 2.85 bits per heavy atom. The summed E-state index contributed by atoms with van der Waals surface area (Å²) in [7, 11) is 1.55. The van der Waals surface area contributed by atoms with Crippen molar-refractivity contribution in [3.8, 4) is 5.75 Å². The van der Waals surface area contributed by atoms with Crippen molar-refractivity contribution in [1.29, 1.82) is 0 Å². The topological polar surface area (TPSA) is 98.7 Å². The van der Waals surface area contributed by atoms with Crippen LogP contribution in [0, 0.1) is 6.92 Å². The third-order valence-electron chi connectivity index (χ3n) is 4.86. The first-order chi connectivity index (χ1) is 16.0. The van der Waals surface area contributed by atoms with Gasteiger partial charge in [0, 0.05) is 22.8 Å². The van der Waals surface area contributed by atoms with Crippen molar-refractivity contribution >= 4 is 23.2 Å². The summed E-state index contributed by atoms with van der Waals surface area (Å²) >= 11 is 1.36. The molecule has 4 rings (SSSR count). The fraction of sp³-hybridized carbons (Fsp3) is 0.167. The number of hydrogen-bond acceptors (Lipinski definition) is 6. The second-order valence-corrected chi connectivity index (χ2v) is 8.00. The van der Waals surface area contributed by atoms with Gasteiger partial charge in [-0.25, -0.2) is 0 Å². The van der Waals surface area contributed by atoms with Gasteiger partial charge >= 0.3 is 0 Å². The lowest BCUT2D eigenvalue weighted by Crippen LogP contribution is -2.22. The van der Waals surface area contributed by atoms with Gasteiger partial charge in [0.2, 0.25) is 0 Å². The fourth-order valence-electron chi connectivity index (χ4n) is 3.10. The lowest BCUT2D eigenvalue weighted by Gasteiger charge is -2.05. The Kier molecular flexibility index (Phi) is 6.80. The first kappa shape index (κ1) is 22.2. The van der Waals surface area contributed by atoms with Gasteiger partial charge in [-0.1, -0.05) is 12.1 Å². The van der Waals surface area contributed by atoms with Gasteiger partial charge in [-0.15, -0.1) is 11.3 Å². The molecule has 9 heteroatoms. The third-order valence-corrected chi connectivity index (χ3v) is 5.84. The van der Waals surface area contributed by atoms with Crippen LogP contribution in [0.15, 0.2) is 75.6 Å². The number of pyridine rings is 1. The van der Waals surface area contributed by atoms with E-state index >= 15 is 0 Å². The molecule has 0 bridgehead atoms. The van der Waals surface area contributed by atoms with Gasteiger partial charge in [-0.3, -0.25) is 14.6 Å². The molecule has 0 fully saturated rings. The molecular formula is C24H22N4O4S. The highest BCUT2D eigenvalue weighted by molar-refractivity contribution is 7.07. The molecule has 3 heterocycles. The van der Waals surface area contributed by atoms with Crippen LogP contribution in [-0.2, 0) is 13.1 Å². The molecule has 0 aliphatic carbocycles. The summed E-state index contributed by atoms with van der Waals surface area (Å²) in [6.45, 7) is 2.57. The van der Waals surface area contributed by atoms with Crippen LogP contribution in [0.2, 0.25) is 0 Å². The lowest BCUT2D eigenvalue weighted by atomic mass is 10.2. The zero-order chi connectivity index (χ0) is 23.2. The number of benzene rings is 1. The molecule has 0 aliphatic rings. The Bertz CT molecular complexity index is 1340. The third kappa shape index (κ3) is 5.45. The van der Waals surface area contributed by atoms with Crippen molar-refractivity contribution in [3.63, 3.8) is 0 Å². The number of carbonyl (C=O) groups is 2. The molecule has 0 aliphatic heterocycles. The molecule has 33 heavy (non-hydrogen) atoms. The second kappa shape index (κ2) is 10.1. The molecule has 0 atom stereocenters. The van der Waals surface area contributed by atoms with E-state index in [1.54, 1.807) is 49.7 Å². The summed E-state index contributed by atoms with van der Waals surface area (Å²) in [5.41, 5.74) is 2.13. The van der Waals surface area contributed by atoms with E-state index in [1.165, 1.54) is 11.3 Å². The van der Waals surface area contributed by atoms with E-state index in [2.05, 4.69) is 15.3 Å². The zero-order valence-corrected chi connectivity index (χ0v) is 19.0. The van der Waals surface area contributed by atoms with Crippen molar-refractivity contribution in [2.24, 2.45) is 4.99 Å². The van der Waals surface area contributed by atoms with Crippen LogP contribution in [0.3, 0.4) is 0 Å². The number of aryl methyl sites for hydroxylation is 1. The molecule has 168 valence electrons. The van der Waals surface area contributed by atoms with E-state index < -0.39 is 0 Å². The molecule has 3 aromatic heterocycles. The Morgan fingerprint density at radius 2 is 2.06 bits per heavy atom. The van der Waals surface area contributed by atoms with E-state index in [0.29, 0.717) is 35.0 Å². The number of furan rings is 1. The van der Waals surface area contributed by atoms with Gasteiger partial charge in [0.1, 0.15) is 11.5 Å². The van der Waals surface area contributed by atoms with E-state index in [0.717, 1.165) is 11.4 Å². The van der Waals surface area contributed by atoms with Crippen molar-refractivity contribution < 1.29 is 18.7 Å². The Hall–Kier alpha value is -3.98. The van der Waals surface area contributed by atoms with E-state index in [9.17, 15) is 9.59 Å². The highest BCUT2D eigenvalue weighted by Crippen LogP contribution is 2.14. The fourth-order valence-corrected chi connectivity index (χ4v) is 3.98. The zero-order valence-electron chi connectivity index (χ0n) is 18.1. The molecular weight excluding hydrogens is 440 g/mol. The van der Waals surface area contributed by atoms with Crippen LogP contribution in [0.1, 0.15) is 38.1 Å². The second-order valence-electron chi connectivity index (χ2n) is 7.16. The van der Waals surface area contributed by atoms with Crippen molar-refractivity contribution in [3.05, 3.63) is 99.4 Å². The maximum Gasteiger partial charge on any atom is 0.287 e. The average molecular weight is 463 g/mol. The first-order valence-electron chi connectivity index (χ1n) is 10.2. The van der Waals surface area contributed by atoms with Crippen LogP contribution in [0.5, 0.6) is 5.75 Å². The molecule has 0 saturated heterocycles.